The monoisotopic (exact) mass is 267 g/mol. The highest BCUT2D eigenvalue weighted by Crippen LogP contribution is 2.46. The Morgan fingerprint density at radius 1 is 1.11 bits per heavy atom. The molecule has 0 amide bonds. The maximum Gasteiger partial charge on any atom is 0.0339 e. The summed E-state index contributed by atoms with van der Waals surface area (Å²) in [6.07, 6.45) is 5.19. The lowest BCUT2D eigenvalue weighted by atomic mass is 9.63. The smallest absolute Gasteiger partial charge is 0.0339 e. The summed E-state index contributed by atoms with van der Waals surface area (Å²) in [6.45, 7) is 12.9. The molecule has 2 atom stereocenters. The van der Waals surface area contributed by atoms with E-state index in [0.29, 0.717) is 5.41 Å². The third-order valence-electron chi connectivity index (χ3n) is 5.21. The molecule has 1 saturated carbocycles. The Hall–Kier alpha value is -0.120. The molecule has 19 heavy (non-hydrogen) atoms. The average molecular weight is 267 g/mol. The Balaban J connectivity index is 2.16. The Morgan fingerprint density at radius 3 is 2.47 bits per heavy atom. The Labute approximate surface area is 119 Å². The zero-order chi connectivity index (χ0) is 14.1. The van der Waals surface area contributed by atoms with Crippen molar-refractivity contribution in [3.63, 3.8) is 0 Å². The van der Waals surface area contributed by atoms with Crippen LogP contribution in [0, 0.1) is 11.3 Å². The number of likely N-dealkylation sites (N-methyl/N-ethyl adjacent to an activating group) is 1. The highest BCUT2D eigenvalue weighted by atomic mass is 15.3. The van der Waals surface area contributed by atoms with Gasteiger partial charge in [0, 0.05) is 31.7 Å². The van der Waals surface area contributed by atoms with Crippen LogP contribution >= 0.6 is 0 Å². The summed E-state index contributed by atoms with van der Waals surface area (Å²) >= 11 is 0. The topological polar surface area (TPSA) is 32.5 Å². The fraction of sp³-hybridized carbons (Fsp3) is 1.00. The third-order valence-corrected chi connectivity index (χ3v) is 5.21. The van der Waals surface area contributed by atoms with Crippen LogP contribution in [0.5, 0.6) is 0 Å². The van der Waals surface area contributed by atoms with Gasteiger partial charge in [-0.3, -0.25) is 4.90 Å². The maximum atomic E-state index is 6.28. The van der Waals surface area contributed by atoms with Crippen molar-refractivity contribution in [3.05, 3.63) is 0 Å². The van der Waals surface area contributed by atoms with Crippen molar-refractivity contribution in [1.82, 2.24) is 9.80 Å². The standard InChI is InChI=1S/C16H33N3/c1-14-10-15(2,3)12-16(11-14,13-17)19-7-5-6-18(4)8-9-19/h14H,5-13,17H2,1-4H3. The summed E-state index contributed by atoms with van der Waals surface area (Å²) in [5, 5.41) is 0. The van der Waals surface area contributed by atoms with Gasteiger partial charge in [-0.25, -0.2) is 0 Å². The zero-order valence-electron chi connectivity index (χ0n) is 13.4. The van der Waals surface area contributed by atoms with Gasteiger partial charge in [-0.05, 0) is 50.6 Å². The first-order chi connectivity index (χ1) is 8.87. The zero-order valence-corrected chi connectivity index (χ0v) is 13.4. The summed E-state index contributed by atoms with van der Waals surface area (Å²) in [6, 6.07) is 0. The summed E-state index contributed by atoms with van der Waals surface area (Å²) in [4.78, 5) is 5.19. The second kappa shape index (κ2) is 5.71. The van der Waals surface area contributed by atoms with Gasteiger partial charge in [0.2, 0.25) is 0 Å². The van der Waals surface area contributed by atoms with E-state index in [9.17, 15) is 0 Å². The maximum absolute atomic E-state index is 6.28. The first kappa shape index (κ1) is 15.3. The van der Waals surface area contributed by atoms with Crippen molar-refractivity contribution in [3.8, 4) is 0 Å². The second-order valence-corrected chi connectivity index (χ2v) is 7.93. The molecule has 1 heterocycles. The van der Waals surface area contributed by atoms with Gasteiger partial charge in [0.05, 0.1) is 0 Å². The minimum Gasteiger partial charge on any atom is -0.329 e. The molecule has 1 aliphatic heterocycles. The van der Waals surface area contributed by atoms with Crippen LogP contribution in [0.15, 0.2) is 0 Å². The minimum atomic E-state index is 0.256. The van der Waals surface area contributed by atoms with E-state index in [1.807, 2.05) is 0 Å². The predicted molar refractivity (Wildman–Crippen MR) is 82.3 cm³/mol. The normalized spacial score (nSPS) is 38.1. The molecule has 0 aromatic heterocycles. The van der Waals surface area contributed by atoms with Gasteiger partial charge >= 0.3 is 0 Å². The molecule has 0 aromatic rings. The molecule has 3 heteroatoms. The van der Waals surface area contributed by atoms with E-state index in [1.54, 1.807) is 0 Å². The van der Waals surface area contributed by atoms with E-state index in [2.05, 4.69) is 37.6 Å². The van der Waals surface area contributed by atoms with Crippen molar-refractivity contribution in [2.75, 3.05) is 39.8 Å². The molecule has 0 spiro atoms. The molecule has 0 aromatic carbocycles. The van der Waals surface area contributed by atoms with Crippen molar-refractivity contribution in [2.45, 2.75) is 52.0 Å². The van der Waals surface area contributed by atoms with Crippen molar-refractivity contribution < 1.29 is 0 Å². The van der Waals surface area contributed by atoms with Crippen LogP contribution in [-0.4, -0.2) is 55.1 Å². The van der Waals surface area contributed by atoms with Gasteiger partial charge in [0.25, 0.3) is 0 Å². The molecule has 2 N–H and O–H groups in total. The highest BCUT2D eigenvalue weighted by molar-refractivity contribution is 5.01. The van der Waals surface area contributed by atoms with Crippen LogP contribution in [0.25, 0.3) is 0 Å². The van der Waals surface area contributed by atoms with Gasteiger partial charge in [-0.15, -0.1) is 0 Å². The molecular formula is C16H33N3. The predicted octanol–water partition coefficient (Wildman–Crippen LogP) is 2.17. The van der Waals surface area contributed by atoms with Crippen LogP contribution in [0.1, 0.15) is 46.5 Å². The summed E-state index contributed by atoms with van der Waals surface area (Å²) < 4.78 is 0. The Bertz CT molecular complexity index is 302. The molecule has 0 radical (unpaired) electrons. The largest absolute Gasteiger partial charge is 0.329 e. The highest BCUT2D eigenvalue weighted by Gasteiger charge is 2.45. The molecule has 1 aliphatic carbocycles. The minimum absolute atomic E-state index is 0.256. The summed E-state index contributed by atoms with van der Waals surface area (Å²) in [5.41, 5.74) is 6.98. The summed E-state index contributed by atoms with van der Waals surface area (Å²) in [5.74, 6) is 0.799. The number of hydrogen-bond acceptors (Lipinski definition) is 3. The van der Waals surface area contributed by atoms with Crippen LogP contribution in [0.2, 0.25) is 0 Å². The van der Waals surface area contributed by atoms with E-state index in [-0.39, 0.29) is 5.54 Å². The molecule has 112 valence electrons. The lowest BCUT2D eigenvalue weighted by molar-refractivity contribution is -0.00925. The molecular weight excluding hydrogens is 234 g/mol. The number of rotatable bonds is 2. The SMILES string of the molecule is CC1CC(C)(C)CC(CN)(N2CCCN(C)CC2)C1. The average Bonchev–Trinajstić information content (AvgIpc) is 2.51. The molecule has 0 bridgehead atoms. The quantitative estimate of drug-likeness (QED) is 0.832. The molecule has 2 unspecified atom stereocenters. The van der Waals surface area contributed by atoms with Crippen molar-refractivity contribution >= 4 is 0 Å². The molecule has 2 rings (SSSR count). The van der Waals surface area contributed by atoms with Gasteiger partial charge in [0.15, 0.2) is 0 Å². The number of hydrogen-bond donors (Lipinski definition) is 1. The Kier molecular flexibility index (Phi) is 4.59. The Morgan fingerprint density at radius 2 is 1.84 bits per heavy atom. The van der Waals surface area contributed by atoms with E-state index in [0.717, 1.165) is 12.5 Å². The van der Waals surface area contributed by atoms with Crippen LogP contribution in [0.3, 0.4) is 0 Å². The first-order valence-corrected chi connectivity index (χ1v) is 8.01. The van der Waals surface area contributed by atoms with E-state index in [1.165, 1.54) is 51.9 Å². The van der Waals surface area contributed by atoms with Crippen molar-refractivity contribution in [2.24, 2.45) is 17.1 Å². The number of nitrogens with zero attached hydrogens (tertiary/aromatic N) is 2. The van der Waals surface area contributed by atoms with E-state index >= 15 is 0 Å². The molecule has 2 fully saturated rings. The van der Waals surface area contributed by atoms with Gasteiger partial charge in [-0.2, -0.15) is 0 Å². The van der Waals surface area contributed by atoms with Gasteiger partial charge in [0.1, 0.15) is 0 Å². The molecule has 2 aliphatic rings. The van der Waals surface area contributed by atoms with Crippen LogP contribution in [-0.2, 0) is 0 Å². The van der Waals surface area contributed by atoms with Gasteiger partial charge in [-0.1, -0.05) is 20.8 Å². The third kappa shape index (κ3) is 3.50. The molecule has 1 saturated heterocycles. The number of nitrogens with two attached hydrogens (primary N) is 1. The first-order valence-electron chi connectivity index (χ1n) is 8.01. The van der Waals surface area contributed by atoms with Gasteiger partial charge < -0.3 is 10.6 Å². The summed E-state index contributed by atoms with van der Waals surface area (Å²) in [7, 11) is 2.24. The fourth-order valence-corrected chi connectivity index (χ4v) is 4.75. The van der Waals surface area contributed by atoms with E-state index in [4.69, 9.17) is 5.73 Å². The van der Waals surface area contributed by atoms with Crippen LogP contribution < -0.4 is 5.73 Å². The molecule has 3 nitrogen and oxygen atoms in total. The lowest BCUT2D eigenvalue weighted by Crippen LogP contribution is -2.59. The van der Waals surface area contributed by atoms with Crippen LogP contribution in [0.4, 0.5) is 0 Å². The van der Waals surface area contributed by atoms with E-state index < -0.39 is 0 Å². The second-order valence-electron chi connectivity index (χ2n) is 7.93. The lowest BCUT2D eigenvalue weighted by Gasteiger charge is -2.53. The van der Waals surface area contributed by atoms with Crippen molar-refractivity contribution in [1.29, 1.82) is 0 Å². The fourth-order valence-electron chi connectivity index (χ4n) is 4.75.